The summed E-state index contributed by atoms with van der Waals surface area (Å²) in [5.74, 6) is 0. The molecule has 2 rings (SSSR count). The second-order valence-corrected chi connectivity index (χ2v) is 7.97. The van der Waals surface area contributed by atoms with E-state index in [1.54, 1.807) is 6.92 Å². The summed E-state index contributed by atoms with van der Waals surface area (Å²) in [5.41, 5.74) is 13.6. The van der Waals surface area contributed by atoms with Crippen molar-refractivity contribution in [3.05, 3.63) is 43.0 Å². The molecule has 1 fully saturated rings. The highest BCUT2D eigenvalue weighted by Gasteiger charge is 2.38. The zero-order valence-electron chi connectivity index (χ0n) is 16.0. The molecule has 1 aliphatic rings. The molecule has 2 heterocycles. The lowest BCUT2D eigenvalue weighted by molar-refractivity contribution is -0.0274. The van der Waals surface area contributed by atoms with Crippen LogP contribution in [0.1, 0.15) is 37.5 Å². The van der Waals surface area contributed by atoms with Crippen LogP contribution in [0.5, 0.6) is 0 Å². The monoisotopic (exact) mass is 432 g/mol. The predicted molar refractivity (Wildman–Crippen MR) is 102 cm³/mol. The number of aryl methyl sites for hydroxylation is 1. The lowest BCUT2D eigenvalue weighted by Gasteiger charge is -2.18. The van der Waals surface area contributed by atoms with Crippen LogP contribution in [0.25, 0.3) is 10.4 Å². The fourth-order valence-corrected chi connectivity index (χ4v) is 3.49. The van der Waals surface area contributed by atoms with Gasteiger partial charge in [-0.05, 0) is 31.8 Å². The Bertz CT molecular complexity index is 919. The third-order valence-corrected chi connectivity index (χ3v) is 5.06. The molecule has 1 aromatic heterocycles. The van der Waals surface area contributed by atoms with Crippen molar-refractivity contribution in [1.29, 1.82) is 0 Å². The van der Waals surface area contributed by atoms with Gasteiger partial charge in [0.25, 0.3) is 5.56 Å². The first-order chi connectivity index (χ1) is 13.7. The highest BCUT2D eigenvalue weighted by atomic mass is 31.2. The summed E-state index contributed by atoms with van der Waals surface area (Å²) in [6.07, 6.45) is 1.79. The van der Waals surface area contributed by atoms with Crippen molar-refractivity contribution in [1.82, 2.24) is 9.13 Å². The van der Waals surface area contributed by atoms with Crippen LogP contribution in [0.3, 0.4) is 0 Å². The van der Waals surface area contributed by atoms with E-state index in [4.69, 9.17) is 25.8 Å². The summed E-state index contributed by atoms with van der Waals surface area (Å²) in [7, 11) is -4.74. The fourth-order valence-electron chi connectivity index (χ4n) is 3.15. The highest BCUT2D eigenvalue weighted by Crippen LogP contribution is 2.38. The normalized spacial score (nSPS) is 21.9. The largest absolute Gasteiger partial charge is 0.469 e. The van der Waals surface area contributed by atoms with E-state index in [0.717, 1.165) is 17.4 Å². The van der Waals surface area contributed by atoms with Gasteiger partial charge < -0.3 is 20.3 Å². The summed E-state index contributed by atoms with van der Waals surface area (Å²) in [6, 6.07) is -0.798. The average Bonchev–Trinajstić information content (AvgIpc) is 3.05. The van der Waals surface area contributed by atoms with Crippen LogP contribution in [0.15, 0.2) is 20.9 Å². The lowest BCUT2D eigenvalue weighted by Crippen LogP contribution is -2.42. The van der Waals surface area contributed by atoms with Crippen molar-refractivity contribution in [3.8, 4) is 0 Å². The molecule has 4 N–H and O–H groups in total. The SMILES string of the molecule is Cc1cn([C@H]2C[C@H](N=[N+]=[N-])[C@@H](COP(=O)(O)O)O2)c(=O)n(CCCCCN)c1=O. The first-order valence-corrected chi connectivity index (χ1v) is 10.6. The molecule has 162 valence electrons. The summed E-state index contributed by atoms with van der Waals surface area (Å²) >= 11 is 0. The molecule has 0 unspecified atom stereocenters. The zero-order valence-corrected chi connectivity index (χ0v) is 16.8. The molecular weight excluding hydrogens is 407 g/mol. The van der Waals surface area contributed by atoms with E-state index in [-0.39, 0.29) is 13.0 Å². The Morgan fingerprint density at radius 3 is 2.76 bits per heavy atom. The third-order valence-electron chi connectivity index (χ3n) is 4.57. The van der Waals surface area contributed by atoms with Crippen molar-refractivity contribution >= 4 is 7.82 Å². The van der Waals surface area contributed by atoms with Crippen LogP contribution < -0.4 is 17.0 Å². The zero-order chi connectivity index (χ0) is 21.6. The molecule has 0 aromatic carbocycles. The van der Waals surface area contributed by atoms with E-state index in [9.17, 15) is 14.2 Å². The average molecular weight is 432 g/mol. The summed E-state index contributed by atoms with van der Waals surface area (Å²) in [5, 5.41) is 3.57. The maximum atomic E-state index is 12.8. The second kappa shape index (κ2) is 10.2. The van der Waals surface area contributed by atoms with Crippen LogP contribution in [0.2, 0.25) is 0 Å². The number of nitrogens with zero attached hydrogens (tertiary/aromatic N) is 5. The maximum absolute atomic E-state index is 12.8. The Morgan fingerprint density at radius 2 is 2.14 bits per heavy atom. The highest BCUT2D eigenvalue weighted by molar-refractivity contribution is 7.46. The van der Waals surface area contributed by atoms with Crippen LogP contribution in [-0.2, 0) is 20.4 Å². The van der Waals surface area contributed by atoms with Crippen LogP contribution in [-0.4, -0.2) is 44.2 Å². The van der Waals surface area contributed by atoms with Gasteiger partial charge in [0.15, 0.2) is 0 Å². The number of ether oxygens (including phenoxy) is 1. The second-order valence-electron chi connectivity index (χ2n) is 6.73. The molecule has 13 nitrogen and oxygen atoms in total. The standard InChI is InChI=1S/C15H25N6O7P/c1-10-8-21(15(23)20(14(10)22)6-4-2-3-5-16)13-7-11(18-19-17)12(28-13)9-27-29(24,25)26/h8,11-13H,2-7,9,16H2,1H3,(H2,24,25,26)/t11-,12+,13+/m0/s1. The van der Waals surface area contributed by atoms with E-state index in [1.165, 1.54) is 10.8 Å². The van der Waals surface area contributed by atoms with Crippen molar-refractivity contribution in [3.63, 3.8) is 0 Å². The number of phosphoric acid groups is 1. The van der Waals surface area contributed by atoms with Crippen molar-refractivity contribution in [2.24, 2.45) is 10.8 Å². The predicted octanol–water partition coefficient (Wildman–Crippen LogP) is 0.523. The number of aromatic nitrogens is 2. The first-order valence-electron chi connectivity index (χ1n) is 9.10. The minimum Gasteiger partial charge on any atom is -0.352 e. The summed E-state index contributed by atoms with van der Waals surface area (Å²) < 4.78 is 23.4. The van der Waals surface area contributed by atoms with Gasteiger partial charge in [-0.15, -0.1) is 0 Å². The quantitative estimate of drug-likeness (QED) is 0.156. The van der Waals surface area contributed by atoms with Gasteiger partial charge in [-0.3, -0.25) is 18.5 Å². The van der Waals surface area contributed by atoms with Gasteiger partial charge in [-0.2, -0.15) is 0 Å². The Morgan fingerprint density at radius 1 is 1.41 bits per heavy atom. The number of hydrogen-bond acceptors (Lipinski definition) is 7. The number of hydrogen-bond donors (Lipinski definition) is 3. The molecule has 14 heteroatoms. The van der Waals surface area contributed by atoms with Gasteiger partial charge in [0.05, 0.1) is 18.8 Å². The maximum Gasteiger partial charge on any atom is 0.469 e. The molecular formula is C15H25N6O7P. The smallest absolute Gasteiger partial charge is 0.352 e. The molecule has 0 aliphatic carbocycles. The molecule has 1 aliphatic heterocycles. The number of azide groups is 1. The Kier molecular flexibility index (Phi) is 8.17. The fraction of sp³-hybridized carbons (Fsp3) is 0.733. The molecule has 0 bridgehead atoms. The van der Waals surface area contributed by atoms with Crippen LogP contribution >= 0.6 is 7.82 Å². The van der Waals surface area contributed by atoms with Gasteiger partial charge in [-0.25, -0.2) is 9.36 Å². The van der Waals surface area contributed by atoms with Gasteiger partial charge in [0.2, 0.25) is 0 Å². The van der Waals surface area contributed by atoms with E-state index in [1.807, 2.05) is 0 Å². The van der Waals surface area contributed by atoms with Crippen molar-refractivity contribution in [2.75, 3.05) is 13.2 Å². The van der Waals surface area contributed by atoms with E-state index in [2.05, 4.69) is 14.5 Å². The van der Waals surface area contributed by atoms with Crippen molar-refractivity contribution < 1.29 is 23.6 Å². The Balaban J connectivity index is 2.27. The van der Waals surface area contributed by atoms with Gasteiger partial charge in [0, 0.05) is 29.6 Å². The molecule has 3 atom stereocenters. The summed E-state index contributed by atoms with van der Waals surface area (Å²) in [4.78, 5) is 45.7. The van der Waals surface area contributed by atoms with E-state index >= 15 is 0 Å². The van der Waals surface area contributed by atoms with Crippen molar-refractivity contribution in [2.45, 2.75) is 57.5 Å². The van der Waals surface area contributed by atoms with E-state index < -0.39 is 44.1 Å². The van der Waals surface area contributed by atoms with Gasteiger partial charge >= 0.3 is 13.5 Å². The first kappa shape index (κ1) is 23.3. The summed E-state index contributed by atoms with van der Waals surface area (Å²) in [6.45, 7) is 1.82. The Hall–Kier alpha value is -1.98. The molecule has 1 aromatic rings. The molecule has 0 saturated carbocycles. The number of unbranched alkanes of at least 4 members (excludes halogenated alkanes) is 2. The van der Waals surface area contributed by atoms with E-state index in [0.29, 0.717) is 18.5 Å². The van der Waals surface area contributed by atoms with Gasteiger partial charge in [0.1, 0.15) is 6.23 Å². The minimum atomic E-state index is -4.74. The number of nitrogens with two attached hydrogens (primary N) is 1. The van der Waals surface area contributed by atoms with Crippen LogP contribution in [0, 0.1) is 6.92 Å². The molecule has 29 heavy (non-hydrogen) atoms. The van der Waals surface area contributed by atoms with Crippen LogP contribution in [0.4, 0.5) is 0 Å². The number of phosphoric ester groups is 1. The molecule has 0 amide bonds. The molecule has 1 saturated heterocycles. The third kappa shape index (κ3) is 6.25. The lowest BCUT2D eigenvalue weighted by atomic mass is 10.1. The number of rotatable bonds is 10. The Labute approximate surface area is 165 Å². The van der Waals surface area contributed by atoms with Gasteiger partial charge in [-0.1, -0.05) is 11.5 Å². The minimum absolute atomic E-state index is 0.0873. The molecule has 0 spiro atoms. The molecule has 0 radical (unpaired) electrons. The topological polar surface area (TPSA) is 195 Å².